The van der Waals surface area contributed by atoms with Gasteiger partial charge in [0, 0.05) is 17.6 Å². The molecule has 2 aromatic carbocycles. The van der Waals surface area contributed by atoms with E-state index >= 15 is 0 Å². The predicted octanol–water partition coefficient (Wildman–Crippen LogP) is 3.24. The van der Waals surface area contributed by atoms with Crippen molar-refractivity contribution in [3.63, 3.8) is 0 Å². The van der Waals surface area contributed by atoms with E-state index in [2.05, 4.69) is 30.1 Å². The summed E-state index contributed by atoms with van der Waals surface area (Å²) in [5, 5.41) is 10.7. The molecule has 0 fully saturated rings. The van der Waals surface area contributed by atoms with Crippen molar-refractivity contribution in [2.24, 2.45) is 0 Å². The lowest BCUT2D eigenvalue weighted by Gasteiger charge is -2.46. The summed E-state index contributed by atoms with van der Waals surface area (Å²) in [4.78, 5) is 2.34. The fraction of sp³-hybridized carbons (Fsp3) is 0.400. The summed E-state index contributed by atoms with van der Waals surface area (Å²) in [6.45, 7) is 0. The number of ether oxygens (including phenoxy) is 3. The highest BCUT2D eigenvalue weighted by atomic mass is 16.5. The van der Waals surface area contributed by atoms with Gasteiger partial charge in [-0.1, -0.05) is 6.07 Å². The van der Waals surface area contributed by atoms with Crippen molar-refractivity contribution in [2.45, 2.75) is 24.9 Å². The highest BCUT2D eigenvalue weighted by molar-refractivity contribution is 5.57. The van der Waals surface area contributed by atoms with Crippen LogP contribution < -0.4 is 14.2 Å². The SMILES string of the molecule is COc1cc2c(cc1OC)[C@H]1Cc3ccc(OC)c(O)c3[C@@H](C2)N1C. The molecule has 1 N–H and O–H groups in total. The topological polar surface area (TPSA) is 51.2 Å². The van der Waals surface area contributed by atoms with Crippen LogP contribution >= 0.6 is 0 Å². The Labute approximate surface area is 147 Å². The monoisotopic (exact) mass is 341 g/mol. The van der Waals surface area contributed by atoms with Crippen molar-refractivity contribution in [3.8, 4) is 23.0 Å². The quantitative estimate of drug-likeness (QED) is 0.929. The van der Waals surface area contributed by atoms with Gasteiger partial charge in [0.15, 0.2) is 23.0 Å². The molecule has 0 spiro atoms. The van der Waals surface area contributed by atoms with E-state index in [1.54, 1.807) is 21.3 Å². The van der Waals surface area contributed by atoms with Crippen molar-refractivity contribution in [3.05, 3.63) is 46.5 Å². The molecule has 0 unspecified atom stereocenters. The number of benzene rings is 2. The maximum atomic E-state index is 10.7. The van der Waals surface area contributed by atoms with Gasteiger partial charge in [0.2, 0.25) is 0 Å². The number of hydrogen-bond donors (Lipinski definition) is 1. The van der Waals surface area contributed by atoms with Gasteiger partial charge in [-0.2, -0.15) is 0 Å². The normalized spacial score (nSPS) is 21.3. The number of fused-ring (bicyclic) bond motifs is 6. The summed E-state index contributed by atoms with van der Waals surface area (Å²) >= 11 is 0. The van der Waals surface area contributed by atoms with Crippen LogP contribution in [0.3, 0.4) is 0 Å². The van der Waals surface area contributed by atoms with E-state index in [0.29, 0.717) is 5.75 Å². The van der Waals surface area contributed by atoms with Crippen molar-refractivity contribution in [1.82, 2.24) is 4.90 Å². The summed E-state index contributed by atoms with van der Waals surface area (Å²) in [5.74, 6) is 2.30. The number of phenolic OH excluding ortho intramolecular Hbond substituents is 1. The van der Waals surface area contributed by atoms with E-state index in [1.165, 1.54) is 16.7 Å². The van der Waals surface area contributed by atoms with Crippen LogP contribution in [0.15, 0.2) is 24.3 Å². The number of hydrogen-bond acceptors (Lipinski definition) is 5. The maximum absolute atomic E-state index is 10.7. The van der Waals surface area contributed by atoms with E-state index in [0.717, 1.165) is 29.9 Å². The van der Waals surface area contributed by atoms with Gasteiger partial charge in [-0.25, -0.2) is 0 Å². The van der Waals surface area contributed by atoms with Crippen LogP contribution in [0.4, 0.5) is 0 Å². The Morgan fingerprint density at radius 3 is 2.20 bits per heavy atom. The molecule has 132 valence electrons. The third-order valence-electron chi connectivity index (χ3n) is 5.64. The van der Waals surface area contributed by atoms with Crippen LogP contribution in [0.5, 0.6) is 23.0 Å². The van der Waals surface area contributed by atoms with Gasteiger partial charge in [0.05, 0.1) is 21.3 Å². The first-order chi connectivity index (χ1) is 12.1. The van der Waals surface area contributed by atoms with Crippen LogP contribution in [-0.2, 0) is 12.8 Å². The minimum atomic E-state index is 0.120. The first kappa shape index (κ1) is 16.1. The van der Waals surface area contributed by atoms with Gasteiger partial charge in [-0.3, -0.25) is 4.90 Å². The number of nitrogens with zero attached hydrogens (tertiary/aromatic N) is 1. The molecule has 0 amide bonds. The largest absolute Gasteiger partial charge is 0.504 e. The molecule has 2 bridgehead atoms. The van der Waals surface area contributed by atoms with Crippen LogP contribution in [0.25, 0.3) is 0 Å². The third-order valence-corrected chi connectivity index (χ3v) is 5.64. The molecule has 5 nitrogen and oxygen atoms in total. The summed E-state index contributed by atoms with van der Waals surface area (Å²) in [5.41, 5.74) is 4.70. The molecule has 4 rings (SSSR count). The average Bonchev–Trinajstić information content (AvgIpc) is 2.62. The number of likely N-dealkylation sites (N-methyl/N-ethyl adjacent to an activating group) is 1. The number of rotatable bonds is 3. The van der Waals surface area contributed by atoms with Crippen LogP contribution in [0.1, 0.15) is 34.3 Å². The number of aromatic hydroxyl groups is 1. The summed E-state index contributed by atoms with van der Waals surface area (Å²) in [6.07, 6.45) is 1.67. The fourth-order valence-electron chi connectivity index (χ4n) is 4.32. The molecular weight excluding hydrogens is 318 g/mol. The zero-order valence-corrected chi connectivity index (χ0v) is 15.0. The second-order valence-electron chi connectivity index (χ2n) is 6.70. The van der Waals surface area contributed by atoms with Gasteiger partial charge in [0.1, 0.15) is 0 Å². The predicted molar refractivity (Wildman–Crippen MR) is 94.9 cm³/mol. The molecule has 5 heteroatoms. The second-order valence-corrected chi connectivity index (χ2v) is 6.70. The van der Waals surface area contributed by atoms with Crippen molar-refractivity contribution in [2.75, 3.05) is 28.4 Å². The second kappa shape index (κ2) is 5.85. The Morgan fingerprint density at radius 2 is 1.52 bits per heavy atom. The van der Waals surface area contributed by atoms with Crippen LogP contribution in [-0.4, -0.2) is 38.4 Å². The Balaban J connectivity index is 1.86. The smallest absolute Gasteiger partial charge is 0.162 e. The van der Waals surface area contributed by atoms with Gasteiger partial charge in [-0.05, 0) is 54.8 Å². The number of methoxy groups -OCH3 is 3. The lowest BCUT2D eigenvalue weighted by Crippen LogP contribution is -2.40. The Bertz CT molecular complexity index is 833. The molecule has 0 saturated carbocycles. The van der Waals surface area contributed by atoms with Crippen LogP contribution in [0, 0.1) is 0 Å². The molecule has 2 heterocycles. The van der Waals surface area contributed by atoms with Crippen molar-refractivity contribution in [1.29, 1.82) is 0 Å². The zero-order valence-electron chi connectivity index (χ0n) is 15.0. The van der Waals surface area contributed by atoms with Gasteiger partial charge in [-0.15, -0.1) is 0 Å². The third kappa shape index (κ3) is 2.26. The molecule has 0 aliphatic carbocycles. The fourth-order valence-corrected chi connectivity index (χ4v) is 4.32. The van der Waals surface area contributed by atoms with E-state index < -0.39 is 0 Å². The highest BCUT2D eigenvalue weighted by Crippen LogP contribution is 2.52. The van der Waals surface area contributed by atoms with Crippen molar-refractivity contribution >= 4 is 0 Å². The first-order valence-electron chi connectivity index (χ1n) is 8.44. The van der Waals surface area contributed by atoms with Crippen LogP contribution in [0.2, 0.25) is 0 Å². The maximum Gasteiger partial charge on any atom is 0.162 e. The molecule has 25 heavy (non-hydrogen) atoms. The molecule has 0 saturated heterocycles. The number of phenols is 1. The molecule has 0 radical (unpaired) electrons. The summed E-state index contributed by atoms with van der Waals surface area (Å²) < 4.78 is 16.3. The van der Waals surface area contributed by atoms with E-state index in [4.69, 9.17) is 14.2 Å². The van der Waals surface area contributed by atoms with Gasteiger partial charge < -0.3 is 19.3 Å². The van der Waals surface area contributed by atoms with Crippen molar-refractivity contribution < 1.29 is 19.3 Å². The molecule has 2 atom stereocenters. The molecule has 0 aromatic heterocycles. The molecule has 2 aliphatic heterocycles. The Morgan fingerprint density at radius 1 is 0.880 bits per heavy atom. The Kier molecular flexibility index (Phi) is 3.76. The first-order valence-corrected chi connectivity index (χ1v) is 8.44. The molecular formula is C20H23NO4. The highest BCUT2D eigenvalue weighted by Gasteiger charge is 2.40. The van der Waals surface area contributed by atoms with Gasteiger partial charge in [0.25, 0.3) is 0 Å². The summed E-state index contributed by atoms with van der Waals surface area (Å²) in [6, 6.07) is 8.48. The van der Waals surface area contributed by atoms with E-state index in [-0.39, 0.29) is 17.8 Å². The minimum absolute atomic E-state index is 0.120. The molecule has 2 aromatic rings. The van der Waals surface area contributed by atoms with Gasteiger partial charge >= 0.3 is 0 Å². The minimum Gasteiger partial charge on any atom is -0.504 e. The molecule has 2 aliphatic rings. The lowest BCUT2D eigenvalue weighted by molar-refractivity contribution is 0.134. The average molecular weight is 341 g/mol. The van der Waals surface area contributed by atoms with E-state index in [1.807, 2.05) is 6.07 Å². The van der Waals surface area contributed by atoms with E-state index in [9.17, 15) is 5.11 Å². The standard InChI is InChI=1S/C20H23NO4/c1-21-14-7-11-5-6-16(23-2)20(22)19(11)15(21)8-12-9-17(24-3)18(25-4)10-13(12)14/h5-6,9-10,14-15,22H,7-8H2,1-4H3/t14-,15-/m1/s1. The zero-order chi connectivity index (χ0) is 17.7. The lowest BCUT2D eigenvalue weighted by atomic mass is 9.76. The Hall–Kier alpha value is -2.40. The summed E-state index contributed by atoms with van der Waals surface area (Å²) in [7, 11) is 7.03.